The smallest absolute Gasteiger partial charge is 0.124 e. The standard InChI is InChI=1S/C23H23NO2/c1-25-19-12-13-20-17(16-19)14-15-24(18-8-4-3-5-9-18)23(20)21-10-6-7-11-22(21)26-2/h3-13,16,23H,14-15H2,1-2H3/t23-/m0/s1. The second-order valence-corrected chi connectivity index (χ2v) is 6.49. The minimum Gasteiger partial charge on any atom is -0.497 e. The quantitative estimate of drug-likeness (QED) is 0.674. The van der Waals surface area contributed by atoms with Crippen molar-refractivity contribution in [1.29, 1.82) is 0 Å². The van der Waals surface area contributed by atoms with E-state index in [1.807, 2.05) is 12.1 Å². The van der Waals surface area contributed by atoms with E-state index in [4.69, 9.17) is 9.47 Å². The fourth-order valence-electron chi connectivity index (χ4n) is 3.86. The first-order valence-corrected chi connectivity index (χ1v) is 8.93. The summed E-state index contributed by atoms with van der Waals surface area (Å²) in [5.41, 5.74) is 5.06. The van der Waals surface area contributed by atoms with E-state index < -0.39 is 0 Å². The van der Waals surface area contributed by atoms with Crippen LogP contribution < -0.4 is 14.4 Å². The zero-order valence-electron chi connectivity index (χ0n) is 15.2. The Balaban J connectivity index is 1.88. The van der Waals surface area contributed by atoms with E-state index in [0.717, 1.165) is 24.5 Å². The Labute approximate surface area is 154 Å². The highest BCUT2D eigenvalue weighted by atomic mass is 16.5. The Morgan fingerprint density at radius 1 is 0.808 bits per heavy atom. The number of hydrogen-bond acceptors (Lipinski definition) is 3. The monoisotopic (exact) mass is 345 g/mol. The molecule has 26 heavy (non-hydrogen) atoms. The van der Waals surface area contributed by atoms with Crippen LogP contribution in [0.4, 0.5) is 5.69 Å². The van der Waals surface area contributed by atoms with Gasteiger partial charge < -0.3 is 14.4 Å². The molecule has 132 valence electrons. The first-order chi connectivity index (χ1) is 12.8. The van der Waals surface area contributed by atoms with Crippen molar-refractivity contribution in [1.82, 2.24) is 0 Å². The minimum absolute atomic E-state index is 0.114. The molecular formula is C23H23NO2. The van der Waals surface area contributed by atoms with E-state index >= 15 is 0 Å². The SMILES string of the molecule is COc1ccc2c(c1)CCN(c1ccccc1)[C@@H]2c1ccccc1OC. The van der Waals surface area contributed by atoms with E-state index in [1.165, 1.54) is 22.4 Å². The second kappa shape index (κ2) is 7.12. The lowest BCUT2D eigenvalue weighted by Crippen LogP contribution is -2.36. The zero-order chi connectivity index (χ0) is 17.9. The third-order valence-electron chi connectivity index (χ3n) is 5.10. The molecule has 0 saturated carbocycles. The van der Waals surface area contributed by atoms with Crippen LogP contribution in [0.15, 0.2) is 72.8 Å². The van der Waals surface area contributed by atoms with Gasteiger partial charge in [-0.2, -0.15) is 0 Å². The molecular weight excluding hydrogens is 322 g/mol. The van der Waals surface area contributed by atoms with E-state index in [9.17, 15) is 0 Å². The summed E-state index contributed by atoms with van der Waals surface area (Å²) in [5, 5.41) is 0. The van der Waals surface area contributed by atoms with Crippen molar-refractivity contribution in [2.24, 2.45) is 0 Å². The lowest BCUT2D eigenvalue weighted by molar-refractivity contribution is 0.405. The number of methoxy groups -OCH3 is 2. The molecule has 1 aliphatic rings. The van der Waals surface area contributed by atoms with Crippen LogP contribution >= 0.6 is 0 Å². The molecule has 4 rings (SSSR count). The van der Waals surface area contributed by atoms with Crippen molar-refractivity contribution >= 4 is 5.69 Å². The predicted octanol–water partition coefficient (Wildman–Crippen LogP) is 4.86. The normalized spacial score (nSPS) is 16.1. The summed E-state index contributed by atoms with van der Waals surface area (Å²) in [5.74, 6) is 1.83. The number of nitrogens with zero attached hydrogens (tertiary/aromatic N) is 1. The number of benzene rings is 3. The molecule has 3 aromatic carbocycles. The van der Waals surface area contributed by atoms with E-state index in [-0.39, 0.29) is 6.04 Å². The Hall–Kier alpha value is -2.94. The molecule has 3 aromatic rings. The lowest BCUT2D eigenvalue weighted by atomic mass is 9.87. The van der Waals surface area contributed by atoms with Crippen LogP contribution in [0.1, 0.15) is 22.7 Å². The molecule has 1 atom stereocenters. The topological polar surface area (TPSA) is 21.7 Å². The molecule has 3 heteroatoms. The summed E-state index contributed by atoms with van der Waals surface area (Å²) in [6.45, 7) is 0.951. The first kappa shape index (κ1) is 16.5. The molecule has 0 bridgehead atoms. The highest BCUT2D eigenvalue weighted by molar-refractivity contribution is 5.58. The third kappa shape index (κ3) is 2.90. The summed E-state index contributed by atoms with van der Waals surface area (Å²) < 4.78 is 11.1. The second-order valence-electron chi connectivity index (χ2n) is 6.49. The molecule has 0 N–H and O–H groups in total. The van der Waals surface area contributed by atoms with Crippen molar-refractivity contribution in [2.45, 2.75) is 12.5 Å². The zero-order valence-corrected chi connectivity index (χ0v) is 15.2. The van der Waals surface area contributed by atoms with Gasteiger partial charge >= 0.3 is 0 Å². The molecule has 0 aliphatic carbocycles. The molecule has 0 aromatic heterocycles. The van der Waals surface area contributed by atoms with Crippen molar-refractivity contribution in [3.63, 3.8) is 0 Å². The molecule has 1 aliphatic heterocycles. The molecule has 3 nitrogen and oxygen atoms in total. The van der Waals surface area contributed by atoms with Gasteiger partial charge in [0.2, 0.25) is 0 Å². The van der Waals surface area contributed by atoms with Gasteiger partial charge in [0, 0.05) is 17.8 Å². The van der Waals surface area contributed by atoms with Gasteiger partial charge in [-0.3, -0.25) is 0 Å². The average Bonchev–Trinajstić information content (AvgIpc) is 2.73. The molecule has 0 amide bonds. The highest BCUT2D eigenvalue weighted by Crippen LogP contribution is 2.42. The molecule has 1 heterocycles. The first-order valence-electron chi connectivity index (χ1n) is 8.93. The molecule has 0 spiro atoms. The summed E-state index contributed by atoms with van der Waals surface area (Å²) in [6.07, 6.45) is 0.993. The van der Waals surface area contributed by atoms with Crippen LogP contribution in [0.25, 0.3) is 0 Å². The molecule has 0 radical (unpaired) electrons. The van der Waals surface area contributed by atoms with Crippen LogP contribution in [-0.2, 0) is 6.42 Å². The van der Waals surface area contributed by atoms with Gasteiger partial charge in [0.1, 0.15) is 11.5 Å². The largest absolute Gasteiger partial charge is 0.497 e. The number of rotatable bonds is 4. The maximum Gasteiger partial charge on any atom is 0.124 e. The summed E-state index contributed by atoms with van der Waals surface area (Å²) in [6, 6.07) is 25.4. The van der Waals surface area contributed by atoms with Crippen LogP contribution in [-0.4, -0.2) is 20.8 Å². The molecule has 0 saturated heterocycles. The number of para-hydroxylation sites is 2. The van der Waals surface area contributed by atoms with Gasteiger partial charge in [-0.05, 0) is 47.9 Å². The number of anilines is 1. The van der Waals surface area contributed by atoms with Crippen LogP contribution in [0.5, 0.6) is 11.5 Å². The summed E-state index contributed by atoms with van der Waals surface area (Å²) in [7, 11) is 3.46. The maximum absolute atomic E-state index is 5.69. The number of hydrogen-bond donors (Lipinski definition) is 0. The van der Waals surface area contributed by atoms with Gasteiger partial charge in [0.15, 0.2) is 0 Å². The Morgan fingerprint density at radius 3 is 2.35 bits per heavy atom. The molecule has 0 unspecified atom stereocenters. The van der Waals surface area contributed by atoms with Crippen LogP contribution in [0.2, 0.25) is 0 Å². The van der Waals surface area contributed by atoms with Crippen molar-refractivity contribution in [3.05, 3.63) is 89.5 Å². The van der Waals surface area contributed by atoms with Gasteiger partial charge in [-0.1, -0.05) is 42.5 Å². The fraction of sp³-hybridized carbons (Fsp3) is 0.217. The summed E-state index contributed by atoms with van der Waals surface area (Å²) in [4.78, 5) is 2.46. The average molecular weight is 345 g/mol. The van der Waals surface area contributed by atoms with Crippen molar-refractivity contribution in [2.75, 3.05) is 25.7 Å². The Kier molecular flexibility index (Phi) is 4.53. The van der Waals surface area contributed by atoms with Gasteiger partial charge in [-0.15, -0.1) is 0 Å². The third-order valence-corrected chi connectivity index (χ3v) is 5.10. The lowest BCUT2D eigenvalue weighted by Gasteiger charge is -2.40. The van der Waals surface area contributed by atoms with Crippen molar-refractivity contribution < 1.29 is 9.47 Å². The number of fused-ring (bicyclic) bond motifs is 1. The van der Waals surface area contributed by atoms with Crippen molar-refractivity contribution in [3.8, 4) is 11.5 Å². The highest BCUT2D eigenvalue weighted by Gasteiger charge is 2.31. The number of ether oxygens (including phenoxy) is 2. The fourth-order valence-corrected chi connectivity index (χ4v) is 3.86. The van der Waals surface area contributed by atoms with Crippen LogP contribution in [0, 0.1) is 0 Å². The molecule has 0 fully saturated rings. The van der Waals surface area contributed by atoms with E-state index in [1.54, 1.807) is 14.2 Å². The predicted molar refractivity (Wildman–Crippen MR) is 105 cm³/mol. The van der Waals surface area contributed by atoms with E-state index in [2.05, 4.69) is 65.6 Å². The summed E-state index contributed by atoms with van der Waals surface area (Å²) >= 11 is 0. The Morgan fingerprint density at radius 2 is 1.58 bits per heavy atom. The minimum atomic E-state index is 0.114. The van der Waals surface area contributed by atoms with Crippen LogP contribution in [0.3, 0.4) is 0 Å². The van der Waals surface area contributed by atoms with E-state index in [0.29, 0.717) is 0 Å². The van der Waals surface area contributed by atoms with Gasteiger partial charge in [-0.25, -0.2) is 0 Å². The van der Waals surface area contributed by atoms with Gasteiger partial charge in [0.05, 0.1) is 20.3 Å². The Bertz CT molecular complexity index is 892. The van der Waals surface area contributed by atoms with Gasteiger partial charge in [0.25, 0.3) is 0 Å². The maximum atomic E-state index is 5.69.